The average Bonchev–Trinajstić information content (AvgIpc) is 2.71. The van der Waals surface area contributed by atoms with E-state index < -0.39 is 5.91 Å². The first kappa shape index (κ1) is 20.6. The Morgan fingerprint density at radius 2 is 1.37 bits per heavy atom. The van der Waals surface area contributed by atoms with Crippen LogP contribution in [0.1, 0.15) is 33.2 Å². The third kappa shape index (κ3) is 5.23. The van der Waals surface area contributed by atoms with E-state index in [1.54, 1.807) is 60.7 Å². The lowest BCUT2D eigenvalue weighted by atomic mass is 10.1. The van der Waals surface area contributed by atoms with Crippen molar-refractivity contribution in [2.45, 2.75) is 13.8 Å². The van der Waals surface area contributed by atoms with E-state index in [9.17, 15) is 14.4 Å². The second kappa shape index (κ2) is 8.91. The molecular weight excluding hydrogens is 382 g/mol. The Balaban J connectivity index is 1.68. The van der Waals surface area contributed by atoms with Gasteiger partial charge in [-0.2, -0.15) is 0 Å². The molecule has 7 nitrogen and oxygen atoms in total. The predicted molar refractivity (Wildman–Crippen MR) is 115 cm³/mol. The van der Waals surface area contributed by atoms with Crippen LogP contribution in [0.2, 0.25) is 0 Å². The normalized spacial score (nSPS) is 10.2. The third-order valence-corrected chi connectivity index (χ3v) is 4.30. The topological polar surface area (TPSA) is 111 Å². The zero-order valence-electron chi connectivity index (χ0n) is 16.6. The van der Waals surface area contributed by atoms with Crippen LogP contribution in [0.5, 0.6) is 11.5 Å². The predicted octanol–water partition coefficient (Wildman–Crippen LogP) is 4.10. The summed E-state index contributed by atoms with van der Waals surface area (Å²) in [6.45, 7) is 3.29. The standard InChI is InChI=1S/C23H21N3O4/c1-14-3-8-18(25-15(2)27)13-21(14)26-23(29)17-6-11-20(12-7-17)30-19-9-4-16(5-10-19)22(24)28/h3-13H,1-2H3,(H2,24,28)(H,25,27)(H,26,29). The summed E-state index contributed by atoms with van der Waals surface area (Å²) >= 11 is 0. The summed E-state index contributed by atoms with van der Waals surface area (Å²) in [5.74, 6) is 0.117. The molecule has 0 aliphatic carbocycles. The van der Waals surface area contributed by atoms with Gasteiger partial charge in [0.2, 0.25) is 11.8 Å². The Morgan fingerprint density at radius 1 is 0.800 bits per heavy atom. The lowest BCUT2D eigenvalue weighted by Crippen LogP contribution is -2.13. The SMILES string of the molecule is CC(=O)Nc1ccc(C)c(NC(=O)c2ccc(Oc3ccc(C(N)=O)cc3)cc2)c1. The van der Waals surface area contributed by atoms with Crippen molar-refractivity contribution in [3.05, 3.63) is 83.4 Å². The van der Waals surface area contributed by atoms with E-state index >= 15 is 0 Å². The maximum atomic E-state index is 12.6. The van der Waals surface area contributed by atoms with E-state index in [1.807, 2.05) is 13.0 Å². The van der Waals surface area contributed by atoms with Crippen LogP contribution in [0.25, 0.3) is 0 Å². The van der Waals surface area contributed by atoms with Crippen molar-refractivity contribution < 1.29 is 19.1 Å². The summed E-state index contributed by atoms with van der Waals surface area (Å²) in [6.07, 6.45) is 0. The number of aryl methyl sites for hydroxylation is 1. The molecule has 0 unspecified atom stereocenters. The smallest absolute Gasteiger partial charge is 0.255 e. The summed E-state index contributed by atoms with van der Waals surface area (Å²) < 4.78 is 5.71. The van der Waals surface area contributed by atoms with Crippen LogP contribution in [-0.2, 0) is 4.79 Å². The molecule has 0 fully saturated rings. The maximum Gasteiger partial charge on any atom is 0.255 e. The highest BCUT2D eigenvalue weighted by molar-refractivity contribution is 6.05. The number of carbonyl (C=O) groups is 3. The van der Waals surface area contributed by atoms with E-state index in [1.165, 1.54) is 6.92 Å². The number of hydrogen-bond donors (Lipinski definition) is 3. The van der Waals surface area contributed by atoms with E-state index in [4.69, 9.17) is 10.5 Å². The van der Waals surface area contributed by atoms with Crippen molar-refractivity contribution in [3.8, 4) is 11.5 Å². The first-order valence-corrected chi connectivity index (χ1v) is 9.19. The highest BCUT2D eigenvalue weighted by Crippen LogP contribution is 2.24. The first-order valence-electron chi connectivity index (χ1n) is 9.19. The highest BCUT2D eigenvalue weighted by atomic mass is 16.5. The number of benzene rings is 3. The van der Waals surface area contributed by atoms with Gasteiger partial charge >= 0.3 is 0 Å². The van der Waals surface area contributed by atoms with Crippen molar-refractivity contribution in [2.24, 2.45) is 5.73 Å². The second-order valence-electron chi connectivity index (χ2n) is 6.68. The molecule has 0 aliphatic rings. The van der Waals surface area contributed by atoms with Crippen LogP contribution < -0.4 is 21.1 Å². The van der Waals surface area contributed by atoms with E-state index in [0.29, 0.717) is 34.0 Å². The monoisotopic (exact) mass is 403 g/mol. The molecule has 0 aromatic heterocycles. The number of anilines is 2. The fourth-order valence-corrected chi connectivity index (χ4v) is 2.73. The van der Waals surface area contributed by atoms with Gasteiger partial charge in [-0.3, -0.25) is 14.4 Å². The Kier molecular flexibility index (Phi) is 6.12. The fourth-order valence-electron chi connectivity index (χ4n) is 2.73. The zero-order valence-corrected chi connectivity index (χ0v) is 16.6. The summed E-state index contributed by atoms with van der Waals surface area (Å²) in [6, 6.07) is 18.4. The molecule has 0 saturated carbocycles. The second-order valence-corrected chi connectivity index (χ2v) is 6.68. The van der Waals surface area contributed by atoms with Crippen LogP contribution in [0.3, 0.4) is 0 Å². The summed E-state index contributed by atoms with van der Waals surface area (Å²) in [5.41, 5.74) is 8.16. The molecular formula is C23H21N3O4. The third-order valence-electron chi connectivity index (χ3n) is 4.30. The number of rotatable bonds is 6. The van der Waals surface area contributed by atoms with E-state index in [-0.39, 0.29) is 11.8 Å². The van der Waals surface area contributed by atoms with Crippen LogP contribution in [-0.4, -0.2) is 17.7 Å². The molecule has 0 saturated heterocycles. The van der Waals surface area contributed by atoms with Gasteiger partial charge in [-0.1, -0.05) is 6.07 Å². The molecule has 0 heterocycles. The quantitative estimate of drug-likeness (QED) is 0.575. The van der Waals surface area contributed by atoms with Crippen molar-refractivity contribution in [3.63, 3.8) is 0 Å². The van der Waals surface area contributed by atoms with E-state index in [0.717, 1.165) is 5.56 Å². The minimum absolute atomic E-state index is 0.184. The Hall–Kier alpha value is -4.13. The molecule has 3 aromatic rings. The molecule has 0 radical (unpaired) electrons. The van der Waals surface area contributed by atoms with Crippen LogP contribution in [0.4, 0.5) is 11.4 Å². The van der Waals surface area contributed by atoms with Crippen LogP contribution in [0.15, 0.2) is 66.7 Å². The molecule has 3 rings (SSSR count). The molecule has 30 heavy (non-hydrogen) atoms. The summed E-state index contributed by atoms with van der Waals surface area (Å²) in [7, 11) is 0. The van der Waals surface area contributed by atoms with Crippen molar-refractivity contribution >= 4 is 29.1 Å². The van der Waals surface area contributed by atoms with Crippen molar-refractivity contribution in [1.29, 1.82) is 0 Å². The van der Waals surface area contributed by atoms with Gasteiger partial charge < -0.3 is 21.1 Å². The summed E-state index contributed by atoms with van der Waals surface area (Å²) in [5, 5.41) is 5.54. The molecule has 4 N–H and O–H groups in total. The molecule has 152 valence electrons. The van der Waals surface area contributed by atoms with Gasteiger partial charge in [-0.25, -0.2) is 0 Å². The minimum atomic E-state index is -0.505. The van der Waals surface area contributed by atoms with Gasteiger partial charge in [0.05, 0.1) is 0 Å². The van der Waals surface area contributed by atoms with Gasteiger partial charge in [0, 0.05) is 29.4 Å². The Morgan fingerprint density at radius 3 is 1.90 bits per heavy atom. The van der Waals surface area contributed by atoms with Crippen molar-refractivity contribution in [2.75, 3.05) is 10.6 Å². The highest BCUT2D eigenvalue weighted by Gasteiger charge is 2.10. The van der Waals surface area contributed by atoms with Gasteiger partial charge in [0.15, 0.2) is 0 Å². The number of hydrogen-bond acceptors (Lipinski definition) is 4. The van der Waals surface area contributed by atoms with Gasteiger partial charge in [-0.15, -0.1) is 0 Å². The van der Waals surface area contributed by atoms with Gasteiger partial charge in [-0.05, 0) is 73.2 Å². The number of nitrogens with one attached hydrogen (secondary N) is 2. The maximum absolute atomic E-state index is 12.6. The Labute approximate surface area is 173 Å². The lowest BCUT2D eigenvalue weighted by Gasteiger charge is -2.11. The molecule has 0 bridgehead atoms. The molecule has 0 spiro atoms. The van der Waals surface area contributed by atoms with Gasteiger partial charge in [0.25, 0.3) is 5.91 Å². The molecule has 0 aliphatic heterocycles. The fraction of sp³-hybridized carbons (Fsp3) is 0.0870. The number of ether oxygens (including phenoxy) is 1. The first-order chi connectivity index (χ1) is 14.3. The molecule has 3 aromatic carbocycles. The van der Waals surface area contributed by atoms with Crippen molar-refractivity contribution in [1.82, 2.24) is 0 Å². The van der Waals surface area contributed by atoms with Crippen LogP contribution in [0, 0.1) is 6.92 Å². The summed E-state index contributed by atoms with van der Waals surface area (Å²) in [4.78, 5) is 34.9. The molecule has 7 heteroatoms. The molecule has 0 atom stereocenters. The number of carbonyl (C=O) groups excluding carboxylic acids is 3. The lowest BCUT2D eigenvalue weighted by molar-refractivity contribution is -0.114. The minimum Gasteiger partial charge on any atom is -0.457 e. The number of nitrogens with two attached hydrogens (primary N) is 1. The number of primary amides is 1. The largest absolute Gasteiger partial charge is 0.457 e. The number of amides is 3. The molecule has 3 amide bonds. The average molecular weight is 403 g/mol. The van der Waals surface area contributed by atoms with Crippen LogP contribution >= 0.6 is 0 Å². The van der Waals surface area contributed by atoms with E-state index in [2.05, 4.69) is 10.6 Å². The Bertz CT molecular complexity index is 1090. The zero-order chi connectivity index (χ0) is 21.7. The van der Waals surface area contributed by atoms with Gasteiger partial charge in [0.1, 0.15) is 11.5 Å².